The van der Waals surface area contributed by atoms with Crippen LogP contribution >= 0.6 is 0 Å². The third-order valence-electron chi connectivity index (χ3n) is 2.85. The molecular formula is C15H11N5O. The maximum atomic E-state index is 12.2. The van der Waals surface area contributed by atoms with Crippen LogP contribution in [0.5, 0.6) is 0 Å². The lowest BCUT2D eigenvalue weighted by Crippen LogP contribution is -2.14. The van der Waals surface area contributed by atoms with Crippen LogP contribution in [0.15, 0.2) is 36.7 Å². The molecule has 0 aliphatic heterocycles. The number of hydrogen-bond donors (Lipinski definition) is 2. The Labute approximate surface area is 121 Å². The van der Waals surface area contributed by atoms with E-state index in [1.165, 1.54) is 18.3 Å². The number of amides is 1. The van der Waals surface area contributed by atoms with Crippen LogP contribution in [0, 0.1) is 22.7 Å². The van der Waals surface area contributed by atoms with Crippen LogP contribution in [0.3, 0.4) is 0 Å². The molecule has 6 nitrogen and oxygen atoms in total. The molecule has 0 radical (unpaired) electrons. The molecule has 2 N–H and O–H groups in total. The Hall–Kier alpha value is -3.38. The summed E-state index contributed by atoms with van der Waals surface area (Å²) in [5.74, 6) is -0.346. The van der Waals surface area contributed by atoms with E-state index in [4.69, 9.17) is 10.5 Å². The van der Waals surface area contributed by atoms with Gasteiger partial charge >= 0.3 is 0 Å². The van der Waals surface area contributed by atoms with Crippen LogP contribution in [0.25, 0.3) is 0 Å². The van der Waals surface area contributed by atoms with E-state index in [-0.39, 0.29) is 17.0 Å². The Bertz CT molecular complexity index is 770. The van der Waals surface area contributed by atoms with Gasteiger partial charge in [-0.2, -0.15) is 10.5 Å². The molecule has 0 aliphatic rings. The number of rotatable bonds is 3. The predicted molar refractivity (Wildman–Crippen MR) is 77.6 cm³/mol. The number of benzene rings is 1. The molecule has 0 bridgehead atoms. The van der Waals surface area contributed by atoms with E-state index in [2.05, 4.69) is 15.6 Å². The largest absolute Gasteiger partial charge is 0.387 e. The first kappa shape index (κ1) is 14.0. The van der Waals surface area contributed by atoms with Crippen molar-refractivity contribution in [3.05, 3.63) is 53.3 Å². The van der Waals surface area contributed by atoms with Crippen molar-refractivity contribution in [2.24, 2.45) is 0 Å². The molecule has 21 heavy (non-hydrogen) atoms. The van der Waals surface area contributed by atoms with Crippen molar-refractivity contribution in [1.82, 2.24) is 4.98 Å². The first-order valence-corrected chi connectivity index (χ1v) is 6.07. The van der Waals surface area contributed by atoms with Crippen LogP contribution in [0.2, 0.25) is 0 Å². The minimum atomic E-state index is -0.346. The van der Waals surface area contributed by atoms with Gasteiger partial charge in [0.25, 0.3) is 5.91 Å². The summed E-state index contributed by atoms with van der Waals surface area (Å²) >= 11 is 0. The monoisotopic (exact) mass is 277 g/mol. The van der Waals surface area contributed by atoms with Gasteiger partial charge in [-0.15, -0.1) is 0 Å². The van der Waals surface area contributed by atoms with Crippen molar-refractivity contribution in [1.29, 1.82) is 10.5 Å². The first-order valence-electron chi connectivity index (χ1n) is 6.07. The zero-order chi connectivity index (χ0) is 15.2. The fourth-order valence-corrected chi connectivity index (χ4v) is 1.80. The maximum absolute atomic E-state index is 12.2. The van der Waals surface area contributed by atoms with Crippen molar-refractivity contribution in [2.45, 2.75) is 0 Å². The molecule has 0 saturated heterocycles. The van der Waals surface area contributed by atoms with E-state index in [0.717, 1.165) is 0 Å². The van der Waals surface area contributed by atoms with Crippen LogP contribution in [0.4, 0.5) is 11.4 Å². The van der Waals surface area contributed by atoms with Crippen LogP contribution in [-0.2, 0) is 0 Å². The molecule has 0 aliphatic carbocycles. The van der Waals surface area contributed by atoms with Crippen LogP contribution in [-0.4, -0.2) is 17.9 Å². The van der Waals surface area contributed by atoms with Crippen molar-refractivity contribution < 1.29 is 4.79 Å². The number of anilines is 2. The number of aromatic nitrogens is 1. The summed E-state index contributed by atoms with van der Waals surface area (Å²) < 4.78 is 0. The summed E-state index contributed by atoms with van der Waals surface area (Å²) in [7, 11) is 1.71. The van der Waals surface area contributed by atoms with Crippen molar-refractivity contribution >= 4 is 17.3 Å². The molecular weight excluding hydrogens is 266 g/mol. The summed E-state index contributed by atoms with van der Waals surface area (Å²) in [5.41, 5.74) is 1.98. The van der Waals surface area contributed by atoms with E-state index in [1.54, 1.807) is 25.4 Å². The zero-order valence-corrected chi connectivity index (χ0v) is 11.2. The molecule has 1 aromatic heterocycles. The predicted octanol–water partition coefficient (Wildman–Crippen LogP) is 2.12. The molecule has 0 spiro atoms. The molecule has 2 aromatic rings. The second-order valence-corrected chi connectivity index (χ2v) is 4.11. The number of pyridine rings is 1. The minimum absolute atomic E-state index is 0.218. The van der Waals surface area contributed by atoms with Gasteiger partial charge in [-0.1, -0.05) is 0 Å². The normalized spacial score (nSPS) is 9.29. The molecule has 0 atom stereocenters. The highest BCUT2D eigenvalue weighted by Crippen LogP contribution is 2.18. The number of nitrogens with zero attached hydrogens (tertiary/aromatic N) is 3. The van der Waals surface area contributed by atoms with Gasteiger partial charge in [-0.05, 0) is 24.3 Å². The van der Waals surface area contributed by atoms with E-state index < -0.39 is 0 Å². The van der Waals surface area contributed by atoms with Gasteiger partial charge in [-0.3, -0.25) is 9.78 Å². The lowest BCUT2D eigenvalue weighted by molar-refractivity contribution is 0.102. The zero-order valence-electron chi connectivity index (χ0n) is 11.2. The molecule has 0 saturated carbocycles. The third-order valence-corrected chi connectivity index (χ3v) is 2.85. The van der Waals surface area contributed by atoms with Gasteiger partial charge in [0.1, 0.15) is 12.1 Å². The fourth-order valence-electron chi connectivity index (χ4n) is 1.80. The van der Waals surface area contributed by atoms with Crippen LogP contribution in [0.1, 0.15) is 21.5 Å². The lowest BCUT2D eigenvalue weighted by atomic mass is 10.1. The first-order chi connectivity index (χ1) is 10.2. The molecule has 1 amide bonds. The number of hydrogen-bond acceptors (Lipinski definition) is 5. The fraction of sp³-hybridized carbons (Fsp3) is 0.0667. The molecule has 1 heterocycles. The Morgan fingerprint density at radius 1 is 1.19 bits per heavy atom. The highest BCUT2D eigenvalue weighted by Gasteiger charge is 2.12. The van der Waals surface area contributed by atoms with Gasteiger partial charge in [0.15, 0.2) is 0 Å². The van der Waals surface area contributed by atoms with Crippen molar-refractivity contribution in [2.75, 3.05) is 17.7 Å². The number of carbonyl (C=O) groups is 1. The Kier molecular flexibility index (Phi) is 4.13. The number of nitrogens with one attached hydrogen (secondary N) is 2. The second-order valence-electron chi connectivity index (χ2n) is 4.11. The van der Waals surface area contributed by atoms with Gasteiger partial charge in [0, 0.05) is 30.8 Å². The highest BCUT2D eigenvalue weighted by molar-refractivity contribution is 6.07. The molecule has 6 heteroatoms. The van der Waals surface area contributed by atoms with Crippen molar-refractivity contribution in [3.8, 4) is 12.1 Å². The quantitative estimate of drug-likeness (QED) is 0.894. The van der Waals surface area contributed by atoms with Gasteiger partial charge < -0.3 is 10.6 Å². The highest BCUT2D eigenvalue weighted by atomic mass is 16.1. The Balaban J connectivity index is 2.29. The average molecular weight is 277 g/mol. The maximum Gasteiger partial charge on any atom is 0.259 e. The van der Waals surface area contributed by atoms with E-state index in [1.807, 2.05) is 12.1 Å². The molecule has 2 rings (SSSR count). The van der Waals surface area contributed by atoms with Gasteiger partial charge in [0.2, 0.25) is 0 Å². The summed E-state index contributed by atoms with van der Waals surface area (Å²) in [6, 6.07) is 10.1. The summed E-state index contributed by atoms with van der Waals surface area (Å²) in [6.45, 7) is 0. The standard InChI is InChI=1S/C15H11N5O/c1-18-14-4-5-19-9-13(14)15(21)20-12-3-2-10(7-16)11(6-12)8-17/h2-6,9H,1H3,(H,18,19)(H,20,21). The number of nitriles is 2. The van der Waals surface area contributed by atoms with E-state index in [0.29, 0.717) is 16.9 Å². The topological polar surface area (TPSA) is 102 Å². The summed E-state index contributed by atoms with van der Waals surface area (Å²) in [5, 5.41) is 23.4. The second kappa shape index (κ2) is 6.18. The van der Waals surface area contributed by atoms with E-state index in [9.17, 15) is 4.79 Å². The molecule has 0 unspecified atom stereocenters. The van der Waals surface area contributed by atoms with E-state index >= 15 is 0 Å². The third kappa shape index (κ3) is 2.96. The van der Waals surface area contributed by atoms with Gasteiger partial charge in [-0.25, -0.2) is 0 Å². The molecule has 102 valence electrons. The SMILES string of the molecule is CNc1ccncc1C(=O)Nc1ccc(C#N)c(C#N)c1. The lowest BCUT2D eigenvalue weighted by Gasteiger charge is -2.09. The smallest absolute Gasteiger partial charge is 0.259 e. The van der Waals surface area contributed by atoms with Gasteiger partial charge in [0.05, 0.1) is 16.7 Å². The average Bonchev–Trinajstić information content (AvgIpc) is 2.54. The van der Waals surface area contributed by atoms with Crippen molar-refractivity contribution in [3.63, 3.8) is 0 Å². The summed E-state index contributed by atoms with van der Waals surface area (Å²) in [6.07, 6.45) is 3.04. The Morgan fingerprint density at radius 3 is 2.62 bits per heavy atom. The Morgan fingerprint density at radius 2 is 1.95 bits per heavy atom. The summed E-state index contributed by atoms with van der Waals surface area (Å²) in [4.78, 5) is 16.1. The number of carbonyl (C=O) groups excluding carboxylic acids is 1. The minimum Gasteiger partial charge on any atom is -0.387 e. The molecule has 0 fully saturated rings. The molecule has 1 aromatic carbocycles. The van der Waals surface area contributed by atoms with Crippen LogP contribution < -0.4 is 10.6 Å².